The Morgan fingerprint density at radius 3 is 2.57 bits per heavy atom. The van der Waals surface area contributed by atoms with Gasteiger partial charge in [0.2, 0.25) is 6.17 Å². The van der Waals surface area contributed by atoms with Gasteiger partial charge in [-0.05, 0) is 12.3 Å². The Kier molecular flexibility index (Phi) is 3.00. The molecule has 0 aromatic heterocycles. The lowest BCUT2D eigenvalue weighted by molar-refractivity contribution is 0.154. The van der Waals surface area contributed by atoms with Crippen molar-refractivity contribution in [2.75, 3.05) is 13.1 Å². The number of hydrogen-bond acceptors (Lipinski definition) is 4. The molecule has 0 bridgehead atoms. The molecule has 1 rings (SSSR count). The maximum atomic E-state index is 9.02. The summed E-state index contributed by atoms with van der Waals surface area (Å²) < 4.78 is 0. The highest BCUT2D eigenvalue weighted by molar-refractivity contribution is 5.58. The van der Waals surface area contributed by atoms with Crippen LogP contribution in [-0.4, -0.2) is 35.5 Å². The molecule has 0 saturated heterocycles. The Balaban J connectivity index is 2.65. The van der Waals surface area contributed by atoms with Crippen LogP contribution in [0.5, 0.6) is 0 Å². The van der Waals surface area contributed by atoms with Crippen LogP contribution >= 0.6 is 0 Å². The maximum absolute atomic E-state index is 9.02. The van der Waals surface area contributed by atoms with Gasteiger partial charge in [0, 0.05) is 13.1 Å². The smallest absolute Gasteiger partial charge is 0.207 e. The van der Waals surface area contributed by atoms with Crippen molar-refractivity contribution < 1.29 is 0 Å². The first-order valence-electron chi connectivity index (χ1n) is 4.94. The van der Waals surface area contributed by atoms with Gasteiger partial charge in [-0.1, -0.05) is 20.8 Å². The molecule has 4 heteroatoms. The van der Waals surface area contributed by atoms with Gasteiger partial charge in [-0.2, -0.15) is 10.4 Å². The number of rotatable bonds is 2. The summed E-state index contributed by atoms with van der Waals surface area (Å²) in [5.41, 5.74) is 0.185. The zero-order valence-corrected chi connectivity index (χ0v) is 9.36. The van der Waals surface area contributed by atoms with Crippen LogP contribution in [0.1, 0.15) is 27.7 Å². The fraction of sp³-hybridized carbons (Fsp3) is 0.800. The van der Waals surface area contributed by atoms with Crippen LogP contribution in [0.2, 0.25) is 0 Å². The second kappa shape index (κ2) is 3.87. The molecule has 1 unspecified atom stereocenters. The molecule has 1 atom stereocenters. The van der Waals surface area contributed by atoms with Crippen molar-refractivity contribution in [1.29, 1.82) is 5.26 Å². The van der Waals surface area contributed by atoms with Crippen molar-refractivity contribution in [1.82, 2.24) is 9.91 Å². The summed E-state index contributed by atoms with van der Waals surface area (Å²) in [5.74, 6) is 0. The molecule has 1 heterocycles. The summed E-state index contributed by atoms with van der Waals surface area (Å²) in [5, 5.41) is 15.0. The fourth-order valence-electron chi connectivity index (χ4n) is 1.50. The molecule has 14 heavy (non-hydrogen) atoms. The Morgan fingerprint density at radius 1 is 1.50 bits per heavy atom. The molecule has 0 aliphatic carbocycles. The average molecular weight is 194 g/mol. The first-order chi connectivity index (χ1) is 6.48. The van der Waals surface area contributed by atoms with E-state index in [-0.39, 0.29) is 11.6 Å². The second-order valence-electron chi connectivity index (χ2n) is 4.72. The third-order valence-corrected chi connectivity index (χ3v) is 2.04. The van der Waals surface area contributed by atoms with Gasteiger partial charge < -0.3 is 4.90 Å². The molecule has 0 aromatic rings. The van der Waals surface area contributed by atoms with Crippen LogP contribution in [0.25, 0.3) is 0 Å². The normalized spacial score (nSPS) is 21.5. The van der Waals surface area contributed by atoms with E-state index in [1.807, 2.05) is 11.8 Å². The summed E-state index contributed by atoms with van der Waals surface area (Å²) >= 11 is 0. The molecule has 0 aromatic carbocycles. The third kappa shape index (κ3) is 2.38. The van der Waals surface area contributed by atoms with Crippen molar-refractivity contribution in [2.24, 2.45) is 10.5 Å². The van der Waals surface area contributed by atoms with E-state index in [1.165, 1.54) is 0 Å². The number of hydrazone groups is 1. The van der Waals surface area contributed by atoms with E-state index < -0.39 is 0 Å². The highest BCUT2D eigenvalue weighted by Gasteiger charge is 2.29. The Labute approximate surface area is 85.8 Å². The Morgan fingerprint density at radius 2 is 2.14 bits per heavy atom. The van der Waals surface area contributed by atoms with E-state index in [1.54, 1.807) is 11.3 Å². The molecule has 0 spiro atoms. The lowest BCUT2D eigenvalue weighted by Gasteiger charge is -2.29. The minimum Gasteiger partial charge on any atom is -0.327 e. The van der Waals surface area contributed by atoms with Gasteiger partial charge in [-0.15, -0.1) is 0 Å². The zero-order chi connectivity index (χ0) is 10.8. The standard InChI is InChI=1S/C10H18N4/c1-5-14-9(6-11)13(8-12-14)7-10(2,3)4/h8-9H,5,7H2,1-4H3. The molecule has 4 nitrogen and oxygen atoms in total. The van der Waals surface area contributed by atoms with Gasteiger partial charge in [-0.25, -0.2) is 0 Å². The molecular formula is C10H18N4. The van der Waals surface area contributed by atoms with E-state index >= 15 is 0 Å². The molecule has 0 fully saturated rings. The zero-order valence-electron chi connectivity index (χ0n) is 9.36. The SMILES string of the molecule is CCN1N=CN(CC(C)(C)C)C1C#N. The van der Waals surface area contributed by atoms with Crippen molar-refractivity contribution in [2.45, 2.75) is 33.9 Å². The molecule has 0 N–H and O–H groups in total. The minimum atomic E-state index is -0.223. The quantitative estimate of drug-likeness (QED) is 0.668. The monoisotopic (exact) mass is 194 g/mol. The van der Waals surface area contributed by atoms with Gasteiger partial charge in [-0.3, -0.25) is 5.01 Å². The van der Waals surface area contributed by atoms with E-state index in [0.717, 1.165) is 13.1 Å². The Bertz CT molecular complexity index is 258. The summed E-state index contributed by atoms with van der Waals surface area (Å²) in [7, 11) is 0. The van der Waals surface area contributed by atoms with Gasteiger partial charge in [0.15, 0.2) is 0 Å². The van der Waals surface area contributed by atoms with Gasteiger partial charge in [0.1, 0.15) is 12.4 Å². The van der Waals surface area contributed by atoms with Crippen LogP contribution in [0.15, 0.2) is 5.10 Å². The van der Waals surface area contributed by atoms with Crippen molar-refractivity contribution in [3.05, 3.63) is 0 Å². The first kappa shape index (κ1) is 10.8. The van der Waals surface area contributed by atoms with E-state index in [9.17, 15) is 0 Å². The number of nitriles is 1. The summed E-state index contributed by atoms with van der Waals surface area (Å²) in [6, 6.07) is 2.26. The predicted octanol–water partition coefficient (Wildman–Crippen LogP) is 1.46. The molecule has 1 aliphatic heterocycles. The van der Waals surface area contributed by atoms with Crippen LogP contribution in [0.4, 0.5) is 0 Å². The number of hydrogen-bond donors (Lipinski definition) is 0. The van der Waals surface area contributed by atoms with Gasteiger partial charge in [0.25, 0.3) is 0 Å². The molecule has 0 amide bonds. The first-order valence-corrected chi connectivity index (χ1v) is 4.94. The van der Waals surface area contributed by atoms with Crippen molar-refractivity contribution >= 4 is 6.34 Å². The van der Waals surface area contributed by atoms with Crippen LogP contribution in [0, 0.1) is 16.7 Å². The molecular weight excluding hydrogens is 176 g/mol. The van der Waals surface area contributed by atoms with E-state index in [0.29, 0.717) is 0 Å². The molecule has 0 saturated carbocycles. The summed E-state index contributed by atoms with van der Waals surface area (Å²) in [4.78, 5) is 1.99. The Hall–Kier alpha value is -1.24. The van der Waals surface area contributed by atoms with Crippen molar-refractivity contribution in [3.8, 4) is 6.07 Å². The van der Waals surface area contributed by atoms with Gasteiger partial charge >= 0.3 is 0 Å². The predicted molar refractivity (Wildman–Crippen MR) is 56.4 cm³/mol. The summed E-state index contributed by atoms with van der Waals surface area (Å²) in [6.45, 7) is 10.1. The van der Waals surface area contributed by atoms with Crippen molar-refractivity contribution in [3.63, 3.8) is 0 Å². The highest BCUT2D eigenvalue weighted by atomic mass is 15.6. The lowest BCUT2D eigenvalue weighted by atomic mass is 9.96. The topological polar surface area (TPSA) is 42.6 Å². The minimum absolute atomic E-state index is 0.185. The van der Waals surface area contributed by atoms with E-state index in [2.05, 4.69) is 31.9 Å². The molecule has 1 aliphatic rings. The molecule has 0 radical (unpaired) electrons. The number of nitrogens with zero attached hydrogens (tertiary/aromatic N) is 4. The van der Waals surface area contributed by atoms with Crippen LogP contribution in [0.3, 0.4) is 0 Å². The summed E-state index contributed by atoms with van der Waals surface area (Å²) in [6.07, 6.45) is 1.54. The van der Waals surface area contributed by atoms with Gasteiger partial charge in [0.05, 0.1) is 0 Å². The molecule has 78 valence electrons. The fourth-order valence-corrected chi connectivity index (χ4v) is 1.50. The average Bonchev–Trinajstić information content (AvgIpc) is 2.43. The van der Waals surface area contributed by atoms with Crippen LogP contribution in [-0.2, 0) is 0 Å². The van der Waals surface area contributed by atoms with Crippen LogP contribution < -0.4 is 0 Å². The maximum Gasteiger partial charge on any atom is 0.207 e. The third-order valence-electron chi connectivity index (χ3n) is 2.04. The largest absolute Gasteiger partial charge is 0.327 e. The highest BCUT2D eigenvalue weighted by Crippen LogP contribution is 2.19. The second-order valence-corrected chi connectivity index (χ2v) is 4.72. The lowest BCUT2D eigenvalue weighted by Crippen LogP contribution is -2.42. The van der Waals surface area contributed by atoms with E-state index in [4.69, 9.17) is 5.26 Å².